The lowest BCUT2D eigenvalue weighted by Crippen LogP contribution is -1.95. The van der Waals surface area contributed by atoms with E-state index >= 15 is 0 Å². The highest BCUT2D eigenvalue weighted by atomic mass is 16.5. The van der Waals surface area contributed by atoms with Gasteiger partial charge < -0.3 is 15.8 Å². The molecular weight excluding hydrogens is 214 g/mol. The highest BCUT2D eigenvalue weighted by Gasteiger charge is 1.97. The van der Waals surface area contributed by atoms with Crippen molar-refractivity contribution in [1.82, 2.24) is 4.98 Å². The smallest absolute Gasteiger partial charge is 0.125 e. The Balaban J connectivity index is 2.08. The van der Waals surface area contributed by atoms with Gasteiger partial charge in [0.25, 0.3) is 0 Å². The maximum Gasteiger partial charge on any atom is 0.125 e. The van der Waals surface area contributed by atoms with Gasteiger partial charge in [0.1, 0.15) is 11.6 Å². The summed E-state index contributed by atoms with van der Waals surface area (Å²) in [5, 5.41) is 3.24. The van der Waals surface area contributed by atoms with Crippen LogP contribution < -0.4 is 15.8 Å². The molecule has 0 saturated heterocycles. The summed E-state index contributed by atoms with van der Waals surface area (Å²) < 4.78 is 5.37. The lowest BCUT2D eigenvalue weighted by Gasteiger charge is -2.08. The fraction of sp³-hybridized carbons (Fsp3) is 0.154. The van der Waals surface area contributed by atoms with Crippen LogP contribution in [-0.4, -0.2) is 11.6 Å². The number of nitrogens with two attached hydrogens (primary N) is 1. The van der Waals surface area contributed by atoms with Crippen molar-refractivity contribution in [3.63, 3.8) is 0 Å². The Kier molecular flexibility index (Phi) is 3.45. The van der Waals surface area contributed by atoms with E-state index in [9.17, 15) is 0 Å². The normalized spacial score (nSPS) is 9.94. The monoisotopic (exact) mass is 229 g/mol. The van der Waals surface area contributed by atoms with E-state index in [0.717, 1.165) is 17.1 Å². The van der Waals surface area contributed by atoms with Crippen molar-refractivity contribution in [2.75, 3.05) is 17.7 Å². The average Bonchev–Trinajstić information content (AvgIpc) is 2.32. The highest BCUT2D eigenvalue weighted by Crippen LogP contribution is 2.20. The van der Waals surface area contributed by atoms with Gasteiger partial charge >= 0.3 is 0 Å². The van der Waals surface area contributed by atoms with Gasteiger partial charge in [-0.05, 0) is 37.3 Å². The van der Waals surface area contributed by atoms with E-state index in [2.05, 4.69) is 10.3 Å². The number of ether oxygens (including phenoxy) is 1. The summed E-state index contributed by atoms with van der Waals surface area (Å²) in [6, 6.07) is 11.4. The van der Waals surface area contributed by atoms with E-state index < -0.39 is 0 Å². The Morgan fingerprint density at radius 1 is 1.18 bits per heavy atom. The van der Waals surface area contributed by atoms with Gasteiger partial charge in [-0.15, -0.1) is 0 Å². The molecule has 0 bridgehead atoms. The van der Waals surface area contributed by atoms with Crippen molar-refractivity contribution < 1.29 is 4.74 Å². The molecular formula is C13H15N3O. The minimum atomic E-state index is 0.501. The molecule has 0 fully saturated rings. The first-order valence-corrected chi connectivity index (χ1v) is 5.49. The highest BCUT2D eigenvalue weighted by molar-refractivity contribution is 5.62. The maximum absolute atomic E-state index is 5.60. The van der Waals surface area contributed by atoms with Crippen LogP contribution in [0.1, 0.15) is 6.92 Å². The molecule has 0 atom stereocenters. The predicted molar refractivity (Wildman–Crippen MR) is 69.5 cm³/mol. The third kappa shape index (κ3) is 3.11. The molecule has 0 spiro atoms. The molecule has 0 radical (unpaired) electrons. The number of nitrogens with one attached hydrogen (secondary N) is 1. The van der Waals surface area contributed by atoms with Crippen molar-refractivity contribution in [1.29, 1.82) is 0 Å². The fourth-order valence-corrected chi connectivity index (χ4v) is 1.49. The summed E-state index contributed by atoms with van der Waals surface area (Å²) in [6.07, 6.45) is 1.67. The minimum absolute atomic E-state index is 0.501. The quantitative estimate of drug-likeness (QED) is 0.846. The molecule has 0 aliphatic rings. The number of pyridine rings is 1. The minimum Gasteiger partial charge on any atom is -0.494 e. The van der Waals surface area contributed by atoms with Gasteiger partial charge in [-0.3, -0.25) is 0 Å². The second-order valence-corrected chi connectivity index (χ2v) is 3.55. The molecule has 0 aliphatic heterocycles. The largest absolute Gasteiger partial charge is 0.494 e. The zero-order valence-electron chi connectivity index (χ0n) is 9.68. The van der Waals surface area contributed by atoms with Gasteiger partial charge in [0.05, 0.1) is 6.61 Å². The molecule has 1 aromatic carbocycles. The van der Waals surface area contributed by atoms with E-state index in [-0.39, 0.29) is 0 Å². The summed E-state index contributed by atoms with van der Waals surface area (Å²) in [7, 11) is 0. The van der Waals surface area contributed by atoms with Crippen molar-refractivity contribution in [3.05, 3.63) is 42.6 Å². The first kappa shape index (κ1) is 11.3. The Morgan fingerprint density at radius 2 is 1.94 bits per heavy atom. The van der Waals surface area contributed by atoms with E-state index in [1.807, 2.05) is 37.3 Å². The fourth-order valence-electron chi connectivity index (χ4n) is 1.49. The van der Waals surface area contributed by atoms with Gasteiger partial charge in [-0.2, -0.15) is 0 Å². The van der Waals surface area contributed by atoms with Crippen molar-refractivity contribution in [2.45, 2.75) is 6.92 Å². The summed E-state index contributed by atoms with van der Waals surface area (Å²) in [4.78, 5) is 3.94. The molecule has 1 heterocycles. The zero-order valence-corrected chi connectivity index (χ0v) is 9.68. The van der Waals surface area contributed by atoms with Crippen LogP contribution in [0.3, 0.4) is 0 Å². The van der Waals surface area contributed by atoms with E-state index in [4.69, 9.17) is 10.5 Å². The van der Waals surface area contributed by atoms with Crippen LogP contribution in [0.25, 0.3) is 0 Å². The van der Waals surface area contributed by atoms with E-state index in [1.54, 1.807) is 12.3 Å². The topological polar surface area (TPSA) is 60.2 Å². The molecule has 4 nitrogen and oxygen atoms in total. The summed E-state index contributed by atoms with van der Waals surface area (Å²) in [5.41, 5.74) is 7.51. The second-order valence-electron chi connectivity index (χ2n) is 3.55. The number of hydrogen-bond donors (Lipinski definition) is 2. The van der Waals surface area contributed by atoms with Crippen LogP contribution in [0.15, 0.2) is 42.6 Å². The number of anilines is 3. The van der Waals surface area contributed by atoms with Gasteiger partial charge in [-0.1, -0.05) is 0 Å². The molecule has 0 aliphatic carbocycles. The molecule has 2 aromatic rings. The van der Waals surface area contributed by atoms with Gasteiger partial charge in [-0.25, -0.2) is 4.98 Å². The Hall–Kier alpha value is -2.23. The molecule has 2 rings (SSSR count). The van der Waals surface area contributed by atoms with Crippen LogP contribution in [0.4, 0.5) is 17.2 Å². The van der Waals surface area contributed by atoms with Crippen molar-refractivity contribution >= 4 is 17.2 Å². The number of nitrogens with zero attached hydrogens (tertiary/aromatic N) is 1. The summed E-state index contributed by atoms with van der Waals surface area (Å²) in [6.45, 7) is 2.64. The van der Waals surface area contributed by atoms with Gasteiger partial charge in [0.2, 0.25) is 0 Å². The van der Waals surface area contributed by atoms with E-state index in [1.165, 1.54) is 0 Å². The summed E-state index contributed by atoms with van der Waals surface area (Å²) >= 11 is 0. The Bertz CT molecular complexity index is 482. The zero-order chi connectivity index (χ0) is 12.1. The standard InChI is InChI=1S/C13H15N3O/c1-2-17-12-5-3-10(4-6-12)16-11-7-8-15-13(14)9-11/h3-9H,2H2,1H3,(H3,14,15,16). The van der Waals surface area contributed by atoms with Gasteiger partial charge in [0.15, 0.2) is 0 Å². The Morgan fingerprint density at radius 3 is 2.59 bits per heavy atom. The number of rotatable bonds is 4. The molecule has 0 saturated carbocycles. The third-order valence-corrected chi connectivity index (χ3v) is 2.24. The first-order chi connectivity index (χ1) is 8.28. The Labute approximate surface area is 100 Å². The van der Waals surface area contributed by atoms with Crippen LogP contribution in [0, 0.1) is 0 Å². The molecule has 0 unspecified atom stereocenters. The van der Waals surface area contributed by atoms with Crippen LogP contribution >= 0.6 is 0 Å². The second kappa shape index (κ2) is 5.21. The first-order valence-electron chi connectivity index (χ1n) is 5.49. The van der Waals surface area contributed by atoms with Crippen molar-refractivity contribution in [2.24, 2.45) is 0 Å². The molecule has 4 heteroatoms. The lowest BCUT2D eigenvalue weighted by molar-refractivity contribution is 0.340. The SMILES string of the molecule is CCOc1ccc(Nc2ccnc(N)c2)cc1. The maximum atomic E-state index is 5.60. The number of hydrogen-bond acceptors (Lipinski definition) is 4. The van der Waals surface area contributed by atoms with Crippen molar-refractivity contribution in [3.8, 4) is 5.75 Å². The van der Waals surface area contributed by atoms with Crippen LogP contribution in [0.5, 0.6) is 5.75 Å². The molecule has 17 heavy (non-hydrogen) atoms. The third-order valence-electron chi connectivity index (χ3n) is 2.24. The predicted octanol–water partition coefficient (Wildman–Crippen LogP) is 2.81. The molecule has 88 valence electrons. The number of aromatic nitrogens is 1. The number of nitrogen functional groups attached to an aromatic ring is 1. The average molecular weight is 229 g/mol. The van der Waals surface area contributed by atoms with Gasteiger partial charge in [0, 0.05) is 23.6 Å². The lowest BCUT2D eigenvalue weighted by atomic mass is 10.3. The van der Waals surface area contributed by atoms with Crippen LogP contribution in [0.2, 0.25) is 0 Å². The molecule has 3 N–H and O–H groups in total. The molecule has 0 amide bonds. The van der Waals surface area contributed by atoms with Crippen LogP contribution in [-0.2, 0) is 0 Å². The summed E-state index contributed by atoms with van der Waals surface area (Å²) in [5.74, 6) is 1.37. The number of benzene rings is 1. The molecule has 1 aromatic heterocycles. The van der Waals surface area contributed by atoms with E-state index in [0.29, 0.717) is 12.4 Å².